The van der Waals surface area contributed by atoms with Gasteiger partial charge in [-0.3, -0.25) is 4.79 Å². The van der Waals surface area contributed by atoms with Crippen LogP contribution in [0.1, 0.15) is 49.5 Å². The van der Waals surface area contributed by atoms with Crippen molar-refractivity contribution in [2.75, 3.05) is 13.1 Å². The summed E-state index contributed by atoms with van der Waals surface area (Å²) < 4.78 is 1.05. The van der Waals surface area contributed by atoms with Crippen molar-refractivity contribution in [2.45, 2.75) is 40.5 Å². The Morgan fingerprint density at radius 3 is 2.37 bits per heavy atom. The molecule has 0 aliphatic heterocycles. The summed E-state index contributed by atoms with van der Waals surface area (Å²) in [5, 5.41) is 0. The van der Waals surface area contributed by atoms with Gasteiger partial charge in [-0.05, 0) is 43.5 Å². The quantitative estimate of drug-likeness (QED) is 0.745. The minimum atomic E-state index is 0.144. The van der Waals surface area contributed by atoms with Crippen LogP contribution in [0.25, 0.3) is 0 Å². The van der Waals surface area contributed by atoms with Gasteiger partial charge in [-0.15, -0.1) is 0 Å². The van der Waals surface area contributed by atoms with Crippen molar-refractivity contribution >= 4 is 21.8 Å². The van der Waals surface area contributed by atoms with E-state index in [0.29, 0.717) is 5.92 Å². The minimum Gasteiger partial charge on any atom is -0.339 e. The lowest BCUT2D eigenvalue weighted by Crippen LogP contribution is -2.35. The van der Waals surface area contributed by atoms with Gasteiger partial charge in [0, 0.05) is 23.1 Å². The van der Waals surface area contributed by atoms with E-state index >= 15 is 0 Å². The lowest BCUT2D eigenvalue weighted by molar-refractivity contribution is 0.0735. The molecule has 0 aliphatic carbocycles. The molecule has 0 saturated heterocycles. The van der Waals surface area contributed by atoms with Gasteiger partial charge in [0.2, 0.25) is 0 Å². The average molecular weight is 326 g/mol. The van der Waals surface area contributed by atoms with Crippen molar-refractivity contribution in [1.82, 2.24) is 4.90 Å². The number of amides is 1. The summed E-state index contributed by atoms with van der Waals surface area (Å²) in [6.07, 6.45) is 2.25. The fourth-order valence-electron chi connectivity index (χ4n) is 2.17. The number of rotatable bonds is 6. The largest absolute Gasteiger partial charge is 0.339 e. The molecule has 0 aromatic heterocycles. The molecule has 1 rings (SSSR count). The summed E-state index contributed by atoms with van der Waals surface area (Å²) in [6.45, 7) is 10.1. The van der Waals surface area contributed by atoms with E-state index in [9.17, 15) is 4.79 Å². The number of carbonyl (C=O) groups is 1. The molecule has 0 N–H and O–H groups in total. The van der Waals surface area contributed by atoms with Crippen LogP contribution in [-0.2, 0) is 0 Å². The predicted octanol–water partition coefficient (Wildman–Crippen LogP) is 4.66. The molecular formula is C16H24BrNO. The highest BCUT2D eigenvalue weighted by atomic mass is 79.9. The second kappa shape index (κ2) is 7.68. The summed E-state index contributed by atoms with van der Waals surface area (Å²) >= 11 is 3.47. The number of carbonyl (C=O) groups excluding carboxylic acids is 1. The van der Waals surface area contributed by atoms with E-state index < -0.39 is 0 Å². The van der Waals surface area contributed by atoms with Gasteiger partial charge < -0.3 is 4.90 Å². The summed E-state index contributed by atoms with van der Waals surface area (Å²) in [7, 11) is 0. The molecule has 0 radical (unpaired) electrons. The van der Waals surface area contributed by atoms with Gasteiger partial charge in [0.1, 0.15) is 0 Å². The Kier molecular flexibility index (Phi) is 6.56. The van der Waals surface area contributed by atoms with Crippen LogP contribution in [0.4, 0.5) is 0 Å². The number of hydrogen-bond acceptors (Lipinski definition) is 1. The lowest BCUT2D eigenvalue weighted by atomic mass is 10.0. The van der Waals surface area contributed by atoms with Gasteiger partial charge in [0.05, 0.1) is 0 Å². The Balaban J connectivity index is 2.85. The normalized spacial score (nSPS) is 10.8. The second-order valence-corrected chi connectivity index (χ2v) is 5.84. The number of halogens is 1. The van der Waals surface area contributed by atoms with Crippen molar-refractivity contribution in [3.05, 3.63) is 33.8 Å². The average Bonchev–Trinajstić information content (AvgIpc) is 2.42. The van der Waals surface area contributed by atoms with E-state index in [0.717, 1.165) is 41.5 Å². The SMILES string of the molecule is CCC(CC)CN(CC)C(=O)c1ccc(Br)c(C)c1. The maximum Gasteiger partial charge on any atom is 0.253 e. The molecule has 1 aromatic rings. The Bertz CT molecular complexity index is 427. The molecule has 0 bridgehead atoms. The first-order valence-corrected chi connectivity index (χ1v) is 7.88. The first-order chi connectivity index (χ1) is 9.03. The molecule has 1 aromatic carbocycles. The third kappa shape index (κ3) is 4.34. The standard InChI is InChI=1S/C16H24BrNO/c1-5-13(6-2)11-18(7-3)16(19)14-8-9-15(17)12(4)10-14/h8-10,13H,5-7,11H2,1-4H3. The van der Waals surface area contributed by atoms with Crippen molar-refractivity contribution in [2.24, 2.45) is 5.92 Å². The van der Waals surface area contributed by atoms with Crippen LogP contribution in [0, 0.1) is 12.8 Å². The molecule has 0 heterocycles. The predicted molar refractivity (Wildman–Crippen MR) is 84.5 cm³/mol. The van der Waals surface area contributed by atoms with E-state index in [1.54, 1.807) is 0 Å². The van der Waals surface area contributed by atoms with Crippen LogP contribution in [0.15, 0.2) is 22.7 Å². The van der Waals surface area contributed by atoms with Crippen molar-refractivity contribution in [1.29, 1.82) is 0 Å². The first-order valence-electron chi connectivity index (χ1n) is 7.08. The van der Waals surface area contributed by atoms with E-state index in [4.69, 9.17) is 0 Å². The maximum absolute atomic E-state index is 12.5. The fourth-order valence-corrected chi connectivity index (χ4v) is 2.42. The van der Waals surface area contributed by atoms with Crippen molar-refractivity contribution < 1.29 is 4.79 Å². The highest BCUT2D eigenvalue weighted by molar-refractivity contribution is 9.10. The van der Waals surface area contributed by atoms with E-state index in [1.165, 1.54) is 0 Å². The Morgan fingerprint density at radius 1 is 1.26 bits per heavy atom. The molecule has 0 spiro atoms. The zero-order chi connectivity index (χ0) is 14.4. The Labute approximate surface area is 125 Å². The maximum atomic E-state index is 12.5. The van der Waals surface area contributed by atoms with Crippen LogP contribution >= 0.6 is 15.9 Å². The summed E-state index contributed by atoms with van der Waals surface area (Å²) in [5.41, 5.74) is 1.89. The number of aryl methyl sites for hydroxylation is 1. The Morgan fingerprint density at radius 2 is 1.89 bits per heavy atom. The second-order valence-electron chi connectivity index (χ2n) is 4.99. The van der Waals surface area contributed by atoms with Crippen LogP contribution in [0.2, 0.25) is 0 Å². The summed E-state index contributed by atoms with van der Waals surface area (Å²) in [5.74, 6) is 0.741. The zero-order valence-corrected chi connectivity index (χ0v) is 14.0. The van der Waals surface area contributed by atoms with Gasteiger partial charge >= 0.3 is 0 Å². The van der Waals surface area contributed by atoms with Crippen LogP contribution in [-0.4, -0.2) is 23.9 Å². The third-order valence-electron chi connectivity index (χ3n) is 3.71. The van der Waals surface area contributed by atoms with Crippen LogP contribution in [0.5, 0.6) is 0 Å². The molecular weight excluding hydrogens is 302 g/mol. The van der Waals surface area contributed by atoms with E-state index in [1.807, 2.05) is 36.9 Å². The molecule has 0 fully saturated rings. The molecule has 0 atom stereocenters. The van der Waals surface area contributed by atoms with Gasteiger partial charge in [-0.1, -0.05) is 42.6 Å². The number of benzene rings is 1. The fraction of sp³-hybridized carbons (Fsp3) is 0.562. The van der Waals surface area contributed by atoms with Crippen molar-refractivity contribution in [3.8, 4) is 0 Å². The smallest absolute Gasteiger partial charge is 0.253 e. The molecule has 0 saturated carbocycles. The Hall–Kier alpha value is -0.830. The highest BCUT2D eigenvalue weighted by Gasteiger charge is 2.17. The van der Waals surface area contributed by atoms with Gasteiger partial charge in [-0.25, -0.2) is 0 Å². The molecule has 2 nitrogen and oxygen atoms in total. The van der Waals surface area contributed by atoms with Crippen LogP contribution in [0.3, 0.4) is 0 Å². The molecule has 0 aliphatic rings. The van der Waals surface area contributed by atoms with Crippen molar-refractivity contribution in [3.63, 3.8) is 0 Å². The summed E-state index contributed by atoms with van der Waals surface area (Å²) in [4.78, 5) is 14.5. The van der Waals surface area contributed by atoms with E-state index in [2.05, 4.69) is 29.8 Å². The number of hydrogen-bond donors (Lipinski definition) is 0. The van der Waals surface area contributed by atoms with E-state index in [-0.39, 0.29) is 5.91 Å². The molecule has 19 heavy (non-hydrogen) atoms. The lowest BCUT2D eigenvalue weighted by Gasteiger charge is -2.25. The first kappa shape index (κ1) is 16.2. The highest BCUT2D eigenvalue weighted by Crippen LogP contribution is 2.19. The molecule has 0 unspecified atom stereocenters. The molecule has 106 valence electrons. The van der Waals surface area contributed by atoms with Gasteiger partial charge in [-0.2, -0.15) is 0 Å². The zero-order valence-electron chi connectivity index (χ0n) is 12.4. The molecule has 3 heteroatoms. The monoisotopic (exact) mass is 325 g/mol. The summed E-state index contributed by atoms with van der Waals surface area (Å²) in [6, 6.07) is 5.81. The topological polar surface area (TPSA) is 20.3 Å². The number of nitrogens with zero attached hydrogens (tertiary/aromatic N) is 1. The van der Waals surface area contributed by atoms with Crippen LogP contribution < -0.4 is 0 Å². The van der Waals surface area contributed by atoms with Gasteiger partial charge in [0.15, 0.2) is 0 Å². The minimum absolute atomic E-state index is 0.144. The third-order valence-corrected chi connectivity index (χ3v) is 4.60. The van der Waals surface area contributed by atoms with Gasteiger partial charge in [0.25, 0.3) is 5.91 Å². The molecule has 1 amide bonds.